The van der Waals surface area contributed by atoms with E-state index in [1.807, 2.05) is 47.4 Å². The largest absolute Gasteiger partial charge is 0.399 e. The van der Waals surface area contributed by atoms with E-state index < -0.39 is 0 Å². The van der Waals surface area contributed by atoms with Crippen LogP contribution in [0.3, 0.4) is 0 Å². The van der Waals surface area contributed by atoms with Crippen LogP contribution >= 0.6 is 0 Å². The molecule has 0 atom stereocenters. The molecule has 7 nitrogen and oxygen atoms in total. The maximum absolute atomic E-state index is 12.9. The second-order valence-corrected chi connectivity index (χ2v) is 7.89. The number of rotatable bonds is 6. The second-order valence-electron chi connectivity index (χ2n) is 7.89. The number of nitrogen functional groups attached to an aromatic ring is 1. The van der Waals surface area contributed by atoms with Gasteiger partial charge in [0.15, 0.2) is 0 Å². The van der Waals surface area contributed by atoms with Crippen LogP contribution in [-0.4, -0.2) is 63.2 Å². The summed E-state index contributed by atoms with van der Waals surface area (Å²) >= 11 is 0. The average molecular weight is 405 g/mol. The van der Waals surface area contributed by atoms with Crippen molar-refractivity contribution < 1.29 is 4.79 Å². The monoisotopic (exact) mass is 404 g/mol. The van der Waals surface area contributed by atoms with Crippen molar-refractivity contribution in [3.63, 3.8) is 0 Å². The molecule has 0 radical (unpaired) electrons. The summed E-state index contributed by atoms with van der Waals surface area (Å²) in [6, 6.07) is 16.1. The zero-order valence-corrected chi connectivity index (χ0v) is 17.3. The highest BCUT2D eigenvalue weighted by molar-refractivity contribution is 5.94. The number of nitrogens with two attached hydrogens (primary N) is 1. The summed E-state index contributed by atoms with van der Waals surface area (Å²) in [7, 11) is 2.18. The van der Waals surface area contributed by atoms with E-state index in [2.05, 4.69) is 28.1 Å². The molecule has 0 spiro atoms. The molecule has 2 aromatic carbocycles. The Kier molecular flexibility index (Phi) is 6.09. The minimum Gasteiger partial charge on any atom is -0.399 e. The molecule has 0 aliphatic carbocycles. The van der Waals surface area contributed by atoms with E-state index in [0.717, 1.165) is 50.3 Å². The Bertz CT molecular complexity index is 962. The van der Waals surface area contributed by atoms with Crippen LogP contribution in [0.2, 0.25) is 0 Å². The Morgan fingerprint density at radius 2 is 1.93 bits per heavy atom. The number of aromatic nitrogens is 3. The first-order valence-corrected chi connectivity index (χ1v) is 10.4. The molecular weight excluding hydrogens is 376 g/mol. The van der Waals surface area contributed by atoms with Gasteiger partial charge in [-0.2, -0.15) is 5.10 Å². The summed E-state index contributed by atoms with van der Waals surface area (Å²) in [4.78, 5) is 21.2. The van der Waals surface area contributed by atoms with Crippen molar-refractivity contribution in [1.82, 2.24) is 24.6 Å². The van der Waals surface area contributed by atoms with Crippen LogP contribution in [0.25, 0.3) is 5.69 Å². The molecule has 1 aromatic heterocycles. The molecule has 1 aliphatic rings. The third-order valence-corrected chi connectivity index (χ3v) is 5.88. The highest BCUT2D eigenvalue weighted by Crippen LogP contribution is 2.19. The highest BCUT2D eigenvalue weighted by atomic mass is 16.2. The highest BCUT2D eigenvalue weighted by Gasteiger charge is 2.25. The van der Waals surface area contributed by atoms with Gasteiger partial charge in [-0.15, -0.1) is 0 Å². The van der Waals surface area contributed by atoms with E-state index in [1.165, 1.54) is 11.9 Å². The van der Waals surface area contributed by atoms with E-state index >= 15 is 0 Å². The summed E-state index contributed by atoms with van der Waals surface area (Å²) in [5.74, 6) is 0.0982. The van der Waals surface area contributed by atoms with Gasteiger partial charge >= 0.3 is 0 Å². The third kappa shape index (κ3) is 4.68. The predicted octanol–water partition coefficient (Wildman–Crippen LogP) is 2.63. The smallest absolute Gasteiger partial charge is 0.253 e. The lowest BCUT2D eigenvalue weighted by atomic mass is 10.0. The topological polar surface area (TPSA) is 80.3 Å². The summed E-state index contributed by atoms with van der Waals surface area (Å²) in [6.45, 7) is 2.57. The third-order valence-electron chi connectivity index (χ3n) is 5.88. The van der Waals surface area contributed by atoms with Crippen molar-refractivity contribution in [2.75, 3.05) is 32.4 Å². The van der Waals surface area contributed by atoms with Gasteiger partial charge in [-0.1, -0.05) is 12.1 Å². The first-order valence-electron chi connectivity index (χ1n) is 10.4. The number of hydrogen-bond acceptors (Lipinski definition) is 5. The van der Waals surface area contributed by atoms with E-state index in [-0.39, 0.29) is 5.91 Å². The van der Waals surface area contributed by atoms with Crippen molar-refractivity contribution in [2.24, 2.45) is 0 Å². The minimum absolute atomic E-state index is 0.0982. The van der Waals surface area contributed by atoms with Crippen molar-refractivity contribution in [2.45, 2.75) is 25.3 Å². The van der Waals surface area contributed by atoms with Gasteiger partial charge in [-0.25, -0.2) is 9.67 Å². The molecule has 30 heavy (non-hydrogen) atoms. The molecule has 7 heteroatoms. The second kappa shape index (κ2) is 9.09. The SMILES string of the molecule is CN(CCc1cccc(N)c1)C1CCN(C(=O)c2ccc(-n3cncn3)cc2)CC1. The summed E-state index contributed by atoms with van der Waals surface area (Å²) in [5, 5.41) is 4.11. The molecule has 0 saturated carbocycles. The fourth-order valence-corrected chi connectivity index (χ4v) is 4.03. The van der Waals surface area contributed by atoms with Crippen LogP contribution in [0.4, 0.5) is 5.69 Å². The minimum atomic E-state index is 0.0982. The van der Waals surface area contributed by atoms with Gasteiger partial charge in [-0.3, -0.25) is 4.79 Å². The number of hydrogen-bond donors (Lipinski definition) is 1. The molecule has 3 aromatic rings. The number of likely N-dealkylation sites (N-methyl/N-ethyl adjacent to an activating group) is 1. The van der Waals surface area contributed by atoms with E-state index in [9.17, 15) is 4.79 Å². The molecule has 1 fully saturated rings. The lowest BCUT2D eigenvalue weighted by molar-refractivity contribution is 0.0647. The van der Waals surface area contributed by atoms with Gasteiger partial charge in [0, 0.05) is 36.9 Å². The first-order chi connectivity index (χ1) is 14.6. The molecule has 0 unspecified atom stereocenters. The molecule has 4 rings (SSSR count). The lowest BCUT2D eigenvalue weighted by Crippen LogP contribution is -2.46. The number of benzene rings is 2. The number of amides is 1. The van der Waals surface area contributed by atoms with Gasteiger partial charge in [-0.05, 0) is 68.3 Å². The first kappa shape index (κ1) is 20.1. The summed E-state index contributed by atoms with van der Waals surface area (Å²) < 4.78 is 1.68. The zero-order valence-electron chi connectivity index (χ0n) is 17.3. The van der Waals surface area contributed by atoms with Gasteiger partial charge in [0.05, 0.1) is 5.69 Å². The van der Waals surface area contributed by atoms with Crippen LogP contribution in [0, 0.1) is 0 Å². The normalized spacial score (nSPS) is 14.9. The lowest BCUT2D eigenvalue weighted by Gasteiger charge is -2.37. The Labute approximate surface area is 177 Å². The maximum atomic E-state index is 12.9. The number of carbonyl (C=O) groups is 1. The fourth-order valence-electron chi connectivity index (χ4n) is 4.03. The van der Waals surface area contributed by atoms with Crippen molar-refractivity contribution in [3.05, 3.63) is 72.3 Å². The van der Waals surface area contributed by atoms with E-state index in [4.69, 9.17) is 5.73 Å². The van der Waals surface area contributed by atoms with Crippen LogP contribution in [0.15, 0.2) is 61.2 Å². The number of anilines is 1. The van der Waals surface area contributed by atoms with Crippen molar-refractivity contribution in [3.8, 4) is 5.69 Å². The maximum Gasteiger partial charge on any atom is 0.253 e. The Morgan fingerprint density at radius 1 is 1.17 bits per heavy atom. The van der Waals surface area contributed by atoms with Crippen LogP contribution in [0.5, 0.6) is 0 Å². The van der Waals surface area contributed by atoms with E-state index in [1.54, 1.807) is 11.0 Å². The summed E-state index contributed by atoms with van der Waals surface area (Å²) in [5.41, 5.74) is 9.57. The summed E-state index contributed by atoms with van der Waals surface area (Å²) in [6.07, 6.45) is 6.12. The average Bonchev–Trinajstić information content (AvgIpc) is 3.32. The molecule has 2 N–H and O–H groups in total. The standard InChI is InChI=1S/C23H28N6O/c1-27(12-9-18-3-2-4-20(24)15-18)21-10-13-28(14-11-21)23(30)19-5-7-22(8-6-19)29-17-25-16-26-29/h2-8,15-17,21H,9-14,24H2,1H3. The van der Waals surface area contributed by atoms with Crippen LogP contribution in [0.1, 0.15) is 28.8 Å². The van der Waals surface area contributed by atoms with Gasteiger partial charge in [0.2, 0.25) is 0 Å². The number of carbonyl (C=O) groups excluding carboxylic acids is 1. The molecular formula is C23H28N6O. The molecule has 1 aliphatic heterocycles. The van der Waals surface area contributed by atoms with Gasteiger partial charge < -0.3 is 15.5 Å². The van der Waals surface area contributed by atoms with Crippen LogP contribution < -0.4 is 5.73 Å². The predicted molar refractivity (Wildman–Crippen MR) is 117 cm³/mol. The molecule has 0 bridgehead atoms. The molecule has 1 amide bonds. The van der Waals surface area contributed by atoms with Gasteiger partial charge in [0.25, 0.3) is 5.91 Å². The Morgan fingerprint density at radius 3 is 2.60 bits per heavy atom. The molecule has 156 valence electrons. The van der Waals surface area contributed by atoms with Crippen molar-refractivity contribution >= 4 is 11.6 Å². The molecule has 1 saturated heterocycles. The number of likely N-dealkylation sites (tertiary alicyclic amines) is 1. The number of piperidine rings is 1. The van der Waals surface area contributed by atoms with Crippen LogP contribution in [-0.2, 0) is 6.42 Å². The zero-order chi connectivity index (χ0) is 20.9. The molecule has 2 heterocycles. The van der Waals surface area contributed by atoms with Crippen molar-refractivity contribution in [1.29, 1.82) is 0 Å². The van der Waals surface area contributed by atoms with E-state index in [0.29, 0.717) is 11.6 Å². The number of nitrogens with zero attached hydrogens (tertiary/aromatic N) is 5. The quantitative estimate of drug-likeness (QED) is 0.639. The Hall–Kier alpha value is -3.19. The fraction of sp³-hybridized carbons (Fsp3) is 0.348. The van der Waals surface area contributed by atoms with Gasteiger partial charge in [0.1, 0.15) is 12.7 Å². The Balaban J connectivity index is 1.27.